The standard InChI is InChI=1S/C33H42OSi/c1-26-14-13-25-33(5,6)31(26)24-21-27-19-22-28(23-20-27)34-35(32(2,3)4,29-15-9-7-10-16-29)30-17-11-8-12-18-30/h7-12,15-20,22-23,31H,1,13-14,21,24-25H2,2-6H3/t31-/m1/s1. The van der Waals surface area contributed by atoms with Crippen molar-refractivity contribution in [3.63, 3.8) is 0 Å². The summed E-state index contributed by atoms with van der Waals surface area (Å²) in [6.07, 6.45) is 6.06. The fraction of sp³-hybridized carbons (Fsp3) is 0.394. The van der Waals surface area contributed by atoms with Crippen molar-refractivity contribution >= 4 is 18.7 Å². The fourth-order valence-corrected chi connectivity index (χ4v) is 10.5. The van der Waals surface area contributed by atoms with Gasteiger partial charge in [-0.15, -0.1) is 0 Å². The van der Waals surface area contributed by atoms with Crippen LogP contribution in [0.5, 0.6) is 5.75 Å². The monoisotopic (exact) mass is 482 g/mol. The quantitative estimate of drug-likeness (QED) is 0.245. The molecule has 1 atom stereocenters. The van der Waals surface area contributed by atoms with E-state index in [9.17, 15) is 0 Å². The zero-order valence-corrected chi connectivity index (χ0v) is 23.3. The number of allylic oxidation sites excluding steroid dienone is 1. The Bertz CT molecular complexity index is 1070. The highest BCUT2D eigenvalue weighted by Crippen LogP contribution is 2.45. The molecule has 0 saturated heterocycles. The topological polar surface area (TPSA) is 9.23 Å². The SMILES string of the molecule is C=C1CCCC(C)(C)[C@@H]1CCc1ccc(O[Si](c2ccccc2)(c2ccccc2)C(C)(C)C)cc1. The van der Waals surface area contributed by atoms with E-state index in [1.165, 1.54) is 47.2 Å². The van der Waals surface area contributed by atoms with Crippen molar-refractivity contribution in [3.05, 3.63) is 103 Å². The van der Waals surface area contributed by atoms with Gasteiger partial charge >= 0.3 is 8.32 Å². The van der Waals surface area contributed by atoms with E-state index in [0.717, 1.165) is 12.2 Å². The minimum absolute atomic E-state index is 0.0404. The van der Waals surface area contributed by atoms with Crippen LogP contribution in [-0.2, 0) is 6.42 Å². The summed E-state index contributed by atoms with van der Waals surface area (Å²) in [4.78, 5) is 0. The molecule has 0 aromatic heterocycles. The van der Waals surface area contributed by atoms with Gasteiger partial charge in [0.05, 0.1) is 0 Å². The molecular formula is C33H42OSi. The molecule has 0 N–H and O–H groups in total. The summed E-state index contributed by atoms with van der Waals surface area (Å²) in [5, 5.41) is 2.57. The molecule has 0 radical (unpaired) electrons. The lowest BCUT2D eigenvalue weighted by atomic mass is 9.65. The largest absolute Gasteiger partial charge is 0.534 e. The van der Waals surface area contributed by atoms with E-state index in [2.05, 4.69) is 126 Å². The number of rotatable bonds is 7. The highest BCUT2D eigenvalue weighted by molar-refractivity contribution is 7.00. The van der Waals surface area contributed by atoms with Crippen LogP contribution in [0.2, 0.25) is 5.04 Å². The Balaban J connectivity index is 1.61. The second-order valence-electron chi connectivity index (χ2n) is 12.0. The summed E-state index contributed by atoms with van der Waals surface area (Å²) in [6, 6.07) is 30.6. The van der Waals surface area contributed by atoms with Crippen molar-refractivity contribution in [2.75, 3.05) is 0 Å². The van der Waals surface area contributed by atoms with Crippen molar-refractivity contribution in [2.45, 2.75) is 71.8 Å². The fourth-order valence-electron chi connectivity index (χ4n) is 6.13. The highest BCUT2D eigenvalue weighted by atomic mass is 28.4. The highest BCUT2D eigenvalue weighted by Gasteiger charge is 2.52. The van der Waals surface area contributed by atoms with E-state index in [1.807, 2.05) is 0 Å². The van der Waals surface area contributed by atoms with Crippen LogP contribution in [0, 0.1) is 11.3 Å². The number of aryl methyl sites for hydroxylation is 1. The van der Waals surface area contributed by atoms with E-state index in [4.69, 9.17) is 4.43 Å². The lowest BCUT2D eigenvalue weighted by Crippen LogP contribution is -2.68. The van der Waals surface area contributed by atoms with Crippen LogP contribution in [-0.4, -0.2) is 8.32 Å². The van der Waals surface area contributed by atoms with Gasteiger partial charge in [-0.1, -0.05) is 120 Å². The number of hydrogen-bond donors (Lipinski definition) is 0. The third-order valence-corrected chi connectivity index (χ3v) is 13.0. The Morgan fingerprint density at radius 1 is 0.857 bits per heavy atom. The van der Waals surface area contributed by atoms with Crippen molar-refractivity contribution in [2.24, 2.45) is 11.3 Å². The first-order chi connectivity index (χ1) is 16.6. The van der Waals surface area contributed by atoms with Crippen molar-refractivity contribution in [1.29, 1.82) is 0 Å². The number of hydrogen-bond acceptors (Lipinski definition) is 1. The van der Waals surface area contributed by atoms with Crippen molar-refractivity contribution in [3.8, 4) is 5.75 Å². The second-order valence-corrected chi connectivity index (χ2v) is 16.2. The Kier molecular flexibility index (Phi) is 7.42. The van der Waals surface area contributed by atoms with E-state index in [-0.39, 0.29) is 5.04 Å². The minimum atomic E-state index is -2.59. The summed E-state index contributed by atoms with van der Waals surface area (Å²) >= 11 is 0. The maximum absolute atomic E-state index is 7.16. The Hall–Kier alpha value is -2.58. The van der Waals surface area contributed by atoms with Gasteiger partial charge in [0.2, 0.25) is 0 Å². The summed E-state index contributed by atoms with van der Waals surface area (Å²) in [7, 11) is -2.59. The molecule has 35 heavy (non-hydrogen) atoms. The molecular weight excluding hydrogens is 440 g/mol. The smallest absolute Gasteiger partial charge is 0.319 e. The van der Waals surface area contributed by atoms with E-state index in [0.29, 0.717) is 11.3 Å². The molecule has 1 aliphatic carbocycles. The van der Waals surface area contributed by atoms with Gasteiger partial charge in [-0.05, 0) is 76.5 Å². The van der Waals surface area contributed by atoms with Gasteiger partial charge < -0.3 is 4.43 Å². The molecule has 0 amide bonds. The van der Waals surface area contributed by atoms with Crippen LogP contribution in [0.4, 0.5) is 0 Å². The molecule has 3 aromatic carbocycles. The molecule has 2 heteroatoms. The average Bonchev–Trinajstić information content (AvgIpc) is 2.83. The first-order valence-electron chi connectivity index (χ1n) is 13.2. The zero-order chi connectivity index (χ0) is 25.1. The molecule has 1 saturated carbocycles. The minimum Gasteiger partial charge on any atom is -0.534 e. The molecule has 184 valence electrons. The van der Waals surface area contributed by atoms with Gasteiger partial charge in [0.15, 0.2) is 0 Å². The predicted octanol–water partition coefficient (Wildman–Crippen LogP) is 7.94. The third kappa shape index (κ3) is 5.33. The summed E-state index contributed by atoms with van der Waals surface area (Å²) in [5.74, 6) is 1.58. The normalized spacial score (nSPS) is 18.3. The lowest BCUT2D eigenvalue weighted by molar-refractivity contribution is 0.180. The summed E-state index contributed by atoms with van der Waals surface area (Å²) in [5.41, 5.74) is 3.20. The van der Waals surface area contributed by atoms with Gasteiger partial charge in [0.25, 0.3) is 0 Å². The average molecular weight is 483 g/mol. The first-order valence-corrected chi connectivity index (χ1v) is 15.1. The lowest BCUT2D eigenvalue weighted by Gasteiger charge is -2.43. The predicted molar refractivity (Wildman–Crippen MR) is 153 cm³/mol. The van der Waals surface area contributed by atoms with Gasteiger partial charge in [0, 0.05) is 0 Å². The molecule has 0 bridgehead atoms. The Morgan fingerprint density at radius 2 is 1.40 bits per heavy atom. The van der Waals surface area contributed by atoms with Gasteiger partial charge in [-0.25, -0.2) is 0 Å². The summed E-state index contributed by atoms with van der Waals surface area (Å²) < 4.78 is 7.16. The van der Waals surface area contributed by atoms with Crippen LogP contribution in [0.1, 0.15) is 65.9 Å². The first kappa shape index (κ1) is 25.5. The van der Waals surface area contributed by atoms with Crippen LogP contribution in [0.3, 0.4) is 0 Å². The van der Waals surface area contributed by atoms with Gasteiger partial charge in [-0.3, -0.25) is 0 Å². The van der Waals surface area contributed by atoms with E-state index in [1.54, 1.807) is 0 Å². The van der Waals surface area contributed by atoms with E-state index >= 15 is 0 Å². The van der Waals surface area contributed by atoms with Gasteiger partial charge in [0.1, 0.15) is 5.75 Å². The third-order valence-electron chi connectivity index (χ3n) is 8.09. The number of benzene rings is 3. The van der Waals surface area contributed by atoms with E-state index < -0.39 is 8.32 Å². The Labute approximate surface area is 214 Å². The van der Waals surface area contributed by atoms with Crippen LogP contribution in [0.25, 0.3) is 0 Å². The molecule has 1 fully saturated rings. The Morgan fingerprint density at radius 3 is 1.89 bits per heavy atom. The maximum atomic E-state index is 7.16. The van der Waals surface area contributed by atoms with Crippen LogP contribution < -0.4 is 14.8 Å². The zero-order valence-electron chi connectivity index (χ0n) is 22.3. The molecule has 3 aromatic rings. The second kappa shape index (κ2) is 10.2. The molecule has 1 nitrogen and oxygen atoms in total. The molecule has 0 spiro atoms. The van der Waals surface area contributed by atoms with Gasteiger partial charge in [-0.2, -0.15) is 0 Å². The van der Waals surface area contributed by atoms with Crippen LogP contribution >= 0.6 is 0 Å². The van der Waals surface area contributed by atoms with Crippen molar-refractivity contribution in [1.82, 2.24) is 0 Å². The maximum Gasteiger partial charge on any atom is 0.319 e. The summed E-state index contributed by atoms with van der Waals surface area (Å²) in [6.45, 7) is 16.2. The molecule has 0 unspecified atom stereocenters. The molecule has 1 aliphatic rings. The molecule has 0 aliphatic heterocycles. The van der Waals surface area contributed by atoms with Crippen molar-refractivity contribution < 1.29 is 4.43 Å². The van der Waals surface area contributed by atoms with Crippen LogP contribution in [0.15, 0.2) is 97.1 Å². The molecule has 4 rings (SSSR count). The molecule has 0 heterocycles.